The lowest BCUT2D eigenvalue weighted by atomic mass is 10.0. The number of aryl methyl sites for hydroxylation is 2. The Kier molecular flexibility index (Phi) is 4.15. The molecule has 100 valence electrons. The van der Waals surface area contributed by atoms with Crippen LogP contribution in [0.15, 0.2) is 24.3 Å². The summed E-state index contributed by atoms with van der Waals surface area (Å²) in [4.78, 5) is 9.02. The van der Waals surface area contributed by atoms with E-state index in [0.29, 0.717) is 0 Å². The van der Waals surface area contributed by atoms with Gasteiger partial charge >= 0.3 is 0 Å². The van der Waals surface area contributed by atoms with Crippen LogP contribution in [0.5, 0.6) is 0 Å². The van der Waals surface area contributed by atoms with Crippen LogP contribution in [0.25, 0.3) is 11.3 Å². The van der Waals surface area contributed by atoms with E-state index in [2.05, 4.69) is 53.4 Å². The van der Waals surface area contributed by atoms with Gasteiger partial charge in [0, 0.05) is 18.2 Å². The molecule has 0 amide bonds. The van der Waals surface area contributed by atoms with Crippen molar-refractivity contribution < 1.29 is 0 Å². The van der Waals surface area contributed by atoms with Gasteiger partial charge in [0.15, 0.2) is 0 Å². The van der Waals surface area contributed by atoms with Crippen LogP contribution in [-0.2, 0) is 6.42 Å². The summed E-state index contributed by atoms with van der Waals surface area (Å²) in [7, 11) is 1.89. The zero-order valence-corrected chi connectivity index (χ0v) is 12.1. The molecule has 0 aliphatic rings. The molecule has 0 fully saturated rings. The summed E-state index contributed by atoms with van der Waals surface area (Å²) < 4.78 is 0. The summed E-state index contributed by atoms with van der Waals surface area (Å²) in [5, 5.41) is 3.13. The van der Waals surface area contributed by atoms with Gasteiger partial charge in [-0.2, -0.15) is 0 Å². The number of anilines is 1. The predicted molar refractivity (Wildman–Crippen MR) is 80.5 cm³/mol. The third-order valence-corrected chi connectivity index (χ3v) is 3.23. The van der Waals surface area contributed by atoms with E-state index < -0.39 is 0 Å². The fourth-order valence-electron chi connectivity index (χ4n) is 2.32. The largest absolute Gasteiger partial charge is 0.373 e. The summed E-state index contributed by atoms with van der Waals surface area (Å²) >= 11 is 0. The zero-order valence-electron chi connectivity index (χ0n) is 12.1. The molecule has 0 bridgehead atoms. The number of benzene rings is 1. The Morgan fingerprint density at radius 1 is 1.16 bits per heavy atom. The lowest BCUT2D eigenvalue weighted by Gasteiger charge is -2.11. The van der Waals surface area contributed by atoms with Crippen molar-refractivity contribution in [1.29, 1.82) is 0 Å². The zero-order chi connectivity index (χ0) is 13.8. The third kappa shape index (κ3) is 2.92. The van der Waals surface area contributed by atoms with E-state index in [9.17, 15) is 0 Å². The van der Waals surface area contributed by atoms with Gasteiger partial charge in [-0.3, -0.25) is 0 Å². The average molecular weight is 255 g/mol. The van der Waals surface area contributed by atoms with Crippen LogP contribution in [-0.4, -0.2) is 17.0 Å². The molecule has 1 aromatic carbocycles. The van der Waals surface area contributed by atoms with Crippen LogP contribution < -0.4 is 5.32 Å². The van der Waals surface area contributed by atoms with E-state index in [1.54, 1.807) is 0 Å². The Morgan fingerprint density at radius 2 is 1.95 bits per heavy atom. The minimum absolute atomic E-state index is 0.797. The minimum atomic E-state index is 0.797. The van der Waals surface area contributed by atoms with Crippen molar-refractivity contribution in [3.05, 3.63) is 41.2 Å². The van der Waals surface area contributed by atoms with Crippen LogP contribution in [0.3, 0.4) is 0 Å². The quantitative estimate of drug-likeness (QED) is 0.904. The van der Waals surface area contributed by atoms with Gasteiger partial charge in [-0.1, -0.05) is 31.5 Å². The molecule has 1 N–H and O–H groups in total. The molecular weight excluding hydrogens is 234 g/mol. The standard InChI is InChI=1S/C16H21N3/c1-5-7-13-8-6-9-14(10-13)15-11(2)16(17-4)19-12(3)18-15/h6,8-10H,5,7H2,1-4H3,(H,17,18,19). The van der Waals surface area contributed by atoms with E-state index in [4.69, 9.17) is 0 Å². The highest BCUT2D eigenvalue weighted by molar-refractivity contribution is 5.68. The van der Waals surface area contributed by atoms with Gasteiger partial charge in [0.25, 0.3) is 0 Å². The van der Waals surface area contributed by atoms with Crippen molar-refractivity contribution in [3.63, 3.8) is 0 Å². The summed E-state index contributed by atoms with van der Waals surface area (Å²) in [5.41, 5.74) is 4.66. The molecule has 0 spiro atoms. The minimum Gasteiger partial charge on any atom is -0.373 e. The van der Waals surface area contributed by atoms with Gasteiger partial charge in [-0.05, 0) is 31.9 Å². The van der Waals surface area contributed by atoms with Crippen molar-refractivity contribution in [1.82, 2.24) is 9.97 Å². The lowest BCUT2D eigenvalue weighted by Crippen LogP contribution is -2.02. The second-order valence-corrected chi connectivity index (χ2v) is 4.79. The molecule has 1 aromatic heterocycles. The molecule has 0 aliphatic carbocycles. The molecule has 0 radical (unpaired) electrons. The Morgan fingerprint density at radius 3 is 2.63 bits per heavy atom. The van der Waals surface area contributed by atoms with E-state index in [1.807, 2.05) is 14.0 Å². The van der Waals surface area contributed by atoms with E-state index >= 15 is 0 Å². The predicted octanol–water partition coefficient (Wildman–Crippen LogP) is 3.75. The van der Waals surface area contributed by atoms with Crippen molar-refractivity contribution >= 4 is 5.82 Å². The molecular formula is C16H21N3. The second kappa shape index (κ2) is 5.83. The van der Waals surface area contributed by atoms with Crippen LogP contribution in [0.2, 0.25) is 0 Å². The van der Waals surface area contributed by atoms with Gasteiger partial charge in [0.1, 0.15) is 11.6 Å². The lowest BCUT2D eigenvalue weighted by molar-refractivity contribution is 0.922. The normalized spacial score (nSPS) is 10.5. The summed E-state index contributed by atoms with van der Waals surface area (Å²) in [6, 6.07) is 8.64. The first-order chi connectivity index (χ1) is 9.15. The Hall–Kier alpha value is -1.90. The number of nitrogens with zero attached hydrogens (tertiary/aromatic N) is 2. The molecule has 0 aliphatic heterocycles. The maximum atomic E-state index is 4.60. The molecule has 0 saturated heterocycles. The van der Waals surface area contributed by atoms with Crippen LogP contribution in [0.1, 0.15) is 30.3 Å². The first-order valence-corrected chi connectivity index (χ1v) is 6.78. The van der Waals surface area contributed by atoms with Crippen LogP contribution >= 0.6 is 0 Å². The van der Waals surface area contributed by atoms with Gasteiger partial charge in [0.05, 0.1) is 5.69 Å². The van der Waals surface area contributed by atoms with Gasteiger partial charge in [-0.15, -0.1) is 0 Å². The Labute approximate surface area is 115 Å². The summed E-state index contributed by atoms with van der Waals surface area (Å²) in [6.45, 7) is 6.19. The highest BCUT2D eigenvalue weighted by atomic mass is 15.0. The van der Waals surface area contributed by atoms with E-state index in [0.717, 1.165) is 35.7 Å². The van der Waals surface area contributed by atoms with Gasteiger partial charge in [0.2, 0.25) is 0 Å². The van der Waals surface area contributed by atoms with Crippen LogP contribution in [0.4, 0.5) is 5.82 Å². The number of nitrogens with one attached hydrogen (secondary N) is 1. The average Bonchev–Trinajstić information content (AvgIpc) is 2.41. The highest BCUT2D eigenvalue weighted by Crippen LogP contribution is 2.26. The SMILES string of the molecule is CCCc1cccc(-c2nc(C)nc(NC)c2C)c1. The molecule has 2 rings (SSSR count). The fourth-order valence-corrected chi connectivity index (χ4v) is 2.32. The molecule has 1 heterocycles. The molecule has 19 heavy (non-hydrogen) atoms. The maximum absolute atomic E-state index is 4.60. The highest BCUT2D eigenvalue weighted by Gasteiger charge is 2.10. The second-order valence-electron chi connectivity index (χ2n) is 4.79. The van der Waals surface area contributed by atoms with Crippen LogP contribution in [0, 0.1) is 13.8 Å². The first-order valence-electron chi connectivity index (χ1n) is 6.78. The monoisotopic (exact) mass is 255 g/mol. The summed E-state index contributed by atoms with van der Waals surface area (Å²) in [6.07, 6.45) is 2.27. The fraction of sp³-hybridized carbons (Fsp3) is 0.375. The molecule has 3 heteroatoms. The number of hydrogen-bond donors (Lipinski definition) is 1. The molecule has 0 saturated carbocycles. The van der Waals surface area contributed by atoms with Crippen molar-refractivity contribution in [2.24, 2.45) is 0 Å². The van der Waals surface area contributed by atoms with E-state index in [1.165, 1.54) is 11.1 Å². The molecule has 2 aromatic rings. The molecule has 3 nitrogen and oxygen atoms in total. The van der Waals surface area contributed by atoms with Crippen molar-refractivity contribution in [2.45, 2.75) is 33.6 Å². The number of hydrogen-bond acceptors (Lipinski definition) is 3. The van der Waals surface area contributed by atoms with Crippen molar-refractivity contribution in [2.75, 3.05) is 12.4 Å². The van der Waals surface area contributed by atoms with Gasteiger partial charge in [-0.25, -0.2) is 9.97 Å². The van der Waals surface area contributed by atoms with Crippen molar-refractivity contribution in [3.8, 4) is 11.3 Å². The summed E-state index contributed by atoms with van der Waals surface area (Å²) in [5.74, 6) is 1.70. The Bertz CT molecular complexity index is 576. The molecule has 0 unspecified atom stereocenters. The molecule has 0 atom stereocenters. The Balaban J connectivity index is 2.52. The first kappa shape index (κ1) is 13.5. The van der Waals surface area contributed by atoms with Gasteiger partial charge < -0.3 is 5.32 Å². The van der Waals surface area contributed by atoms with E-state index in [-0.39, 0.29) is 0 Å². The maximum Gasteiger partial charge on any atom is 0.132 e. The smallest absolute Gasteiger partial charge is 0.132 e. The third-order valence-electron chi connectivity index (χ3n) is 3.23. The number of aromatic nitrogens is 2. The number of rotatable bonds is 4. The topological polar surface area (TPSA) is 37.8 Å².